The van der Waals surface area contributed by atoms with Gasteiger partial charge in [0.1, 0.15) is 0 Å². The summed E-state index contributed by atoms with van der Waals surface area (Å²) < 4.78 is 22.1. The molecule has 6 heteroatoms. The van der Waals surface area contributed by atoms with E-state index >= 15 is 0 Å². The summed E-state index contributed by atoms with van der Waals surface area (Å²) in [6, 6.07) is 1.85. The molecule has 0 bridgehead atoms. The zero-order valence-corrected chi connectivity index (χ0v) is 11.4. The minimum atomic E-state index is -3.04. The fourth-order valence-electron chi connectivity index (χ4n) is 1.10. The third-order valence-corrected chi connectivity index (χ3v) is 5.71. The molecule has 0 radical (unpaired) electrons. The van der Waals surface area contributed by atoms with Crippen LogP contribution in [0.1, 0.15) is 18.7 Å². The van der Waals surface area contributed by atoms with E-state index in [1.165, 1.54) is 6.26 Å². The minimum absolute atomic E-state index is 0.420. The number of nitrogens with two attached hydrogens (primary N) is 1. The summed E-state index contributed by atoms with van der Waals surface area (Å²) in [7, 11) is -3.04. The lowest BCUT2D eigenvalue weighted by Gasteiger charge is -2.22. The van der Waals surface area contributed by atoms with Crippen molar-refractivity contribution in [2.75, 3.05) is 18.5 Å². The molecule has 1 aromatic rings. The number of hydrogen-bond donors (Lipinski definition) is 2. The summed E-state index contributed by atoms with van der Waals surface area (Å²) >= 11 is 1.57. The van der Waals surface area contributed by atoms with Crippen molar-refractivity contribution in [2.24, 2.45) is 0 Å². The maximum Gasteiger partial charge on any atom is 0.153 e. The Balaban J connectivity index is 2.51. The molecule has 0 spiro atoms. The first-order valence-corrected chi connectivity index (χ1v) is 7.73. The second-order valence-electron chi connectivity index (χ2n) is 4.43. The van der Waals surface area contributed by atoms with E-state index in [9.17, 15) is 8.42 Å². The Kier molecular flexibility index (Phi) is 3.98. The summed E-state index contributed by atoms with van der Waals surface area (Å²) in [5, 5.41) is 5.05. The molecule has 0 saturated carbocycles. The molecule has 0 saturated heterocycles. The van der Waals surface area contributed by atoms with Crippen LogP contribution in [0.25, 0.3) is 0 Å². The van der Waals surface area contributed by atoms with E-state index < -0.39 is 14.6 Å². The third-order valence-electron chi connectivity index (χ3n) is 2.62. The van der Waals surface area contributed by atoms with Gasteiger partial charge < -0.3 is 11.1 Å². The molecular weight excluding hydrogens is 244 g/mol. The maximum atomic E-state index is 11.5. The van der Waals surface area contributed by atoms with Crippen molar-refractivity contribution < 1.29 is 8.42 Å². The molecule has 0 unspecified atom stereocenters. The molecule has 0 aliphatic heterocycles. The van der Waals surface area contributed by atoms with Gasteiger partial charge in [0.15, 0.2) is 9.84 Å². The Morgan fingerprint density at radius 3 is 2.56 bits per heavy atom. The van der Waals surface area contributed by atoms with Crippen molar-refractivity contribution in [1.29, 1.82) is 0 Å². The highest BCUT2D eigenvalue weighted by Crippen LogP contribution is 2.19. The largest absolute Gasteiger partial charge is 0.398 e. The molecule has 0 aromatic carbocycles. The highest BCUT2D eigenvalue weighted by molar-refractivity contribution is 7.92. The molecule has 1 aromatic heterocycles. The Morgan fingerprint density at radius 2 is 2.12 bits per heavy atom. The smallest absolute Gasteiger partial charge is 0.153 e. The third kappa shape index (κ3) is 3.20. The van der Waals surface area contributed by atoms with Crippen molar-refractivity contribution in [1.82, 2.24) is 5.32 Å². The SMILES string of the molecule is CC(C)(CNCc1sccc1N)S(C)(=O)=O. The Hall–Kier alpha value is -0.590. The molecule has 0 atom stereocenters. The van der Waals surface area contributed by atoms with E-state index in [1.54, 1.807) is 25.2 Å². The van der Waals surface area contributed by atoms with Gasteiger partial charge in [0.05, 0.1) is 4.75 Å². The van der Waals surface area contributed by atoms with Crippen molar-refractivity contribution in [2.45, 2.75) is 25.1 Å². The quantitative estimate of drug-likeness (QED) is 0.837. The topological polar surface area (TPSA) is 72.2 Å². The Labute approximate surface area is 101 Å². The average molecular weight is 262 g/mol. The highest BCUT2D eigenvalue weighted by atomic mass is 32.2. The van der Waals surface area contributed by atoms with E-state index in [0.717, 1.165) is 10.6 Å². The van der Waals surface area contributed by atoms with Gasteiger partial charge in [-0.2, -0.15) is 0 Å². The van der Waals surface area contributed by atoms with Crippen molar-refractivity contribution in [3.05, 3.63) is 16.3 Å². The van der Waals surface area contributed by atoms with Gasteiger partial charge in [-0.25, -0.2) is 8.42 Å². The molecule has 0 fully saturated rings. The standard InChI is InChI=1S/C10H18N2O2S2/c1-10(2,16(3,13)14)7-12-6-9-8(11)4-5-15-9/h4-5,12H,6-7,11H2,1-3H3. The van der Waals surface area contributed by atoms with E-state index in [0.29, 0.717) is 13.1 Å². The molecule has 1 heterocycles. The fraction of sp³-hybridized carbons (Fsp3) is 0.600. The lowest BCUT2D eigenvalue weighted by Crippen LogP contribution is -2.41. The van der Waals surface area contributed by atoms with Gasteiger partial charge >= 0.3 is 0 Å². The van der Waals surface area contributed by atoms with Crippen LogP contribution in [0.3, 0.4) is 0 Å². The molecule has 0 aliphatic rings. The van der Waals surface area contributed by atoms with Crippen molar-refractivity contribution in [3.63, 3.8) is 0 Å². The van der Waals surface area contributed by atoms with Crippen molar-refractivity contribution in [3.8, 4) is 0 Å². The van der Waals surface area contributed by atoms with Crippen LogP contribution in [-0.4, -0.2) is 26.0 Å². The van der Waals surface area contributed by atoms with Crippen LogP contribution in [0.2, 0.25) is 0 Å². The zero-order chi connectivity index (χ0) is 12.4. The molecular formula is C10H18N2O2S2. The average Bonchev–Trinajstić information content (AvgIpc) is 2.49. The van der Waals surface area contributed by atoms with E-state index in [2.05, 4.69) is 5.32 Å². The van der Waals surface area contributed by atoms with E-state index in [1.807, 2.05) is 11.4 Å². The molecule has 92 valence electrons. The first kappa shape index (κ1) is 13.5. The Bertz CT molecular complexity index is 449. The van der Waals surface area contributed by atoms with Gasteiger partial charge in [-0.05, 0) is 25.3 Å². The zero-order valence-electron chi connectivity index (χ0n) is 9.78. The first-order valence-electron chi connectivity index (χ1n) is 4.96. The number of rotatable bonds is 5. The summed E-state index contributed by atoms with van der Waals surface area (Å²) in [4.78, 5) is 1.05. The predicted molar refractivity (Wildman–Crippen MR) is 69.4 cm³/mol. The van der Waals surface area contributed by atoms with Gasteiger partial charge in [-0.3, -0.25) is 0 Å². The van der Waals surface area contributed by atoms with Gasteiger partial charge in [0, 0.05) is 29.9 Å². The fourth-order valence-corrected chi connectivity index (χ4v) is 2.24. The number of anilines is 1. The number of hydrogen-bond acceptors (Lipinski definition) is 5. The second kappa shape index (κ2) is 4.73. The summed E-state index contributed by atoms with van der Waals surface area (Å²) in [5.74, 6) is 0. The number of nitrogens with one attached hydrogen (secondary N) is 1. The van der Waals surface area contributed by atoms with Crippen LogP contribution in [-0.2, 0) is 16.4 Å². The Morgan fingerprint density at radius 1 is 1.50 bits per heavy atom. The molecule has 3 N–H and O–H groups in total. The van der Waals surface area contributed by atoms with E-state index in [-0.39, 0.29) is 0 Å². The summed E-state index contributed by atoms with van der Waals surface area (Å²) in [6.07, 6.45) is 1.26. The molecule has 1 rings (SSSR count). The van der Waals surface area contributed by atoms with Crippen molar-refractivity contribution >= 4 is 26.9 Å². The molecule has 4 nitrogen and oxygen atoms in total. The maximum absolute atomic E-state index is 11.5. The van der Waals surface area contributed by atoms with Crippen LogP contribution >= 0.6 is 11.3 Å². The lowest BCUT2D eigenvalue weighted by molar-refractivity contribution is 0.522. The predicted octanol–water partition coefficient (Wildman–Crippen LogP) is 1.24. The van der Waals surface area contributed by atoms with Crippen LogP contribution in [0, 0.1) is 0 Å². The monoisotopic (exact) mass is 262 g/mol. The highest BCUT2D eigenvalue weighted by Gasteiger charge is 2.29. The summed E-state index contributed by atoms with van der Waals surface area (Å²) in [5.41, 5.74) is 6.49. The normalized spacial score (nSPS) is 12.9. The van der Waals surface area contributed by atoms with Crippen LogP contribution in [0.5, 0.6) is 0 Å². The number of thiophene rings is 1. The van der Waals surface area contributed by atoms with Crippen LogP contribution < -0.4 is 11.1 Å². The van der Waals surface area contributed by atoms with Crippen LogP contribution in [0.4, 0.5) is 5.69 Å². The molecule has 0 amide bonds. The minimum Gasteiger partial charge on any atom is -0.398 e. The molecule has 16 heavy (non-hydrogen) atoms. The second-order valence-corrected chi connectivity index (χ2v) is 8.08. The number of nitrogen functional groups attached to an aromatic ring is 1. The molecule has 0 aliphatic carbocycles. The van der Waals surface area contributed by atoms with Gasteiger partial charge in [-0.1, -0.05) is 0 Å². The van der Waals surface area contributed by atoms with Gasteiger partial charge in [0.2, 0.25) is 0 Å². The number of sulfone groups is 1. The van der Waals surface area contributed by atoms with E-state index in [4.69, 9.17) is 5.73 Å². The summed E-state index contributed by atoms with van der Waals surface area (Å²) in [6.45, 7) is 4.46. The first-order chi connectivity index (χ1) is 7.24. The van der Waals surface area contributed by atoms with Gasteiger partial charge in [-0.15, -0.1) is 11.3 Å². The van der Waals surface area contributed by atoms with Crippen LogP contribution in [0.15, 0.2) is 11.4 Å². The lowest BCUT2D eigenvalue weighted by atomic mass is 10.2. The van der Waals surface area contributed by atoms with Gasteiger partial charge in [0.25, 0.3) is 0 Å².